The first-order valence-corrected chi connectivity index (χ1v) is 6.21. The van der Waals surface area contributed by atoms with Gasteiger partial charge in [-0.2, -0.15) is 0 Å². The van der Waals surface area contributed by atoms with Crippen LogP contribution < -0.4 is 0 Å². The number of hydrogen-bond donors (Lipinski definition) is 0. The highest BCUT2D eigenvalue weighted by molar-refractivity contribution is 8.01. The zero-order chi connectivity index (χ0) is 10.8. The van der Waals surface area contributed by atoms with E-state index in [2.05, 4.69) is 39.2 Å². The maximum Gasteiger partial charge on any atom is 0.461 e. The molecule has 0 bridgehead atoms. The normalized spacial score (nSPS) is 24.8. The summed E-state index contributed by atoms with van der Waals surface area (Å²) in [5.74, 6) is 0. The van der Waals surface area contributed by atoms with Crippen LogP contribution in [-0.2, 0) is 9.31 Å². The van der Waals surface area contributed by atoms with Crippen LogP contribution in [0.1, 0.15) is 27.7 Å². The van der Waals surface area contributed by atoms with Crippen molar-refractivity contribution in [1.29, 1.82) is 0 Å². The van der Waals surface area contributed by atoms with Crippen LogP contribution in [-0.4, -0.2) is 24.6 Å². The standard InChI is InChI=1S/C10H19BO2S/c1-9(2)10(3,4)13-11(12-9)7-6-8-14-5/h6,8H,7H2,1-5H3/b8-6-. The van der Waals surface area contributed by atoms with Crippen molar-refractivity contribution in [3.05, 3.63) is 11.5 Å². The third-order valence-corrected chi connectivity index (χ3v) is 3.33. The molecule has 1 rings (SSSR count). The largest absolute Gasteiger partial charge is 0.461 e. The summed E-state index contributed by atoms with van der Waals surface area (Å²) in [5.41, 5.74) is -0.407. The summed E-state index contributed by atoms with van der Waals surface area (Å²) in [4.78, 5) is 0. The van der Waals surface area contributed by atoms with Crippen LogP contribution in [0.25, 0.3) is 0 Å². The van der Waals surface area contributed by atoms with E-state index in [0.29, 0.717) is 0 Å². The lowest BCUT2D eigenvalue weighted by atomic mass is 9.85. The van der Waals surface area contributed by atoms with Crippen LogP contribution in [0.5, 0.6) is 0 Å². The van der Waals surface area contributed by atoms with Crippen LogP contribution >= 0.6 is 11.8 Å². The van der Waals surface area contributed by atoms with Gasteiger partial charge in [0, 0.05) is 6.32 Å². The Morgan fingerprint density at radius 2 is 1.64 bits per heavy atom. The highest BCUT2D eigenvalue weighted by atomic mass is 32.2. The molecule has 0 unspecified atom stereocenters. The summed E-state index contributed by atoms with van der Waals surface area (Å²) >= 11 is 1.69. The fraction of sp³-hybridized carbons (Fsp3) is 0.800. The van der Waals surface area contributed by atoms with E-state index < -0.39 is 0 Å². The Bertz CT molecular complexity index is 210. The second-order valence-corrected chi connectivity index (χ2v) is 5.27. The maximum absolute atomic E-state index is 5.83. The first kappa shape index (κ1) is 12.1. The molecular weight excluding hydrogens is 195 g/mol. The van der Waals surface area contributed by atoms with Gasteiger partial charge in [0.2, 0.25) is 0 Å². The average Bonchev–Trinajstić information content (AvgIpc) is 2.21. The van der Waals surface area contributed by atoms with Gasteiger partial charge in [0.05, 0.1) is 11.2 Å². The van der Waals surface area contributed by atoms with E-state index in [1.807, 2.05) is 6.26 Å². The SMILES string of the molecule is CS/C=C\CB1OC(C)(C)C(C)(C)O1. The molecule has 0 aromatic rings. The predicted molar refractivity (Wildman–Crippen MR) is 63.5 cm³/mol. The van der Waals surface area contributed by atoms with Crippen LogP contribution in [0.3, 0.4) is 0 Å². The number of rotatable bonds is 3. The quantitative estimate of drug-likeness (QED) is 0.673. The van der Waals surface area contributed by atoms with Gasteiger partial charge in [0.25, 0.3) is 0 Å². The molecule has 0 amide bonds. The molecule has 80 valence electrons. The van der Waals surface area contributed by atoms with E-state index in [1.165, 1.54) is 0 Å². The van der Waals surface area contributed by atoms with E-state index in [4.69, 9.17) is 9.31 Å². The molecule has 1 aliphatic rings. The Labute approximate surface area is 91.6 Å². The van der Waals surface area contributed by atoms with Gasteiger partial charge in [-0.1, -0.05) is 6.08 Å². The summed E-state index contributed by atoms with van der Waals surface area (Å²) in [6.45, 7) is 8.30. The maximum atomic E-state index is 5.83. The van der Waals surface area contributed by atoms with Crippen LogP contribution in [0.15, 0.2) is 11.5 Å². The Balaban J connectivity index is 2.51. The first-order chi connectivity index (χ1) is 6.39. The van der Waals surface area contributed by atoms with E-state index in [0.717, 1.165) is 6.32 Å². The molecule has 4 heteroatoms. The molecule has 0 atom stereocenters. The lowest BCUT2D eigenvalue weighted by Crippen LogP contribution is -2.41. The van der Waals surface area contributed by atoms with E-state index in [-0.39, 0.29) is 18.3 Å². The lowest BCUT2D eigenvalue weighted by molar-refractivity contribution is 0.00578. The van der Waals surface area contributed by atoms with E-state index in [1.54, 1.807) is 11.8 Å². The van der Waals surface area contributed by atoms with E-state index >= 15 is 0 Å². The van der Waals surface area contributed by atoms with Gasteiger partial charge in [0.1, 0.15) is 0 Å². The van der Waals surface area contributed by atoms with Gasteiger partial charge in [-0.15, -0.1) is 11.8 Å². The summed E-state index contributed by atoms with van der Waals surface area (Å²) in [6.07, 6.45) is 4.96. The Hall–Kier alpha value is 0.0749. The predicted octanol–water partition coefficient (Wildman–Crippen LogP) is 2.96. The minimum absolute atomic E-state index is 0.0941. The molecule has 0 aromatic carbocycles. The molecule has 1 heterocycles. The van der Waals surface area contributed by atoms with Crippen molar-refractivity contribution < 1.29 is 9.31 Å². The van der Waals surface area contributed by atoms with Gasteiger partial charge in [-0.25, -0.2) is 0 Å². The molecule has 0 N–H and O–H groups in total. The molecule has 0 spiro atoms. The Morgan fingerprint density at radius 3 is 2.07 bits per heavy atom. The van der Waals surface area contributed by atoms with Gasteiger partial charge >= 0.3 is 7.12 Å². The third kappa shape index (κ3) is 2.56. The van der Waals surface area contributed by atoms with Gasteiger partial charge in [-0.05, 0) is 39.4 Å². The minimum atomic E-state index is -0.204. The monoisotopic (exact) mass is 214 g/mol. The summed E-state index contributed by atoms with van der Waals surface area (Å²) in [5, 5.41) is 2.06. The van der Waals surface area contributed by atoms with Gasteiger partial charge in [-0.3, -0.25) is 0 Å². The molecule has 0 radical (unpaired) electrons. The third-order valence-electron chi connectivity index (χ3n) is 2.86. The smallest absolute Gasteiger partial charge is 0.403 e. The molecule has 1 saturated heterocycles. The van der Waals surface area contributed by atoms with Crippen molar-refractivity contribution in [3.8, 4) is 0 Å². The highest BCUT2D eigenvalue weighted by Crippen LogP contribution is 2.37. The summed E-state index contributed by atoms with van der Waals surface area (Å²) in [6, 6.07) is 0. The zero-order valence-corrected chi connectivity index (χ0v) is 10.5. The Kier molecular flexibility index (Phi) is 3.72. The molecular formula is C10H19BO2S. The first-order valence-electron chi connectivity index (χ1n) is 4.92. The van der Waals surface area contributed by atoms with Crippen molar-refractivity contribution in [1.82, 2.24) is 0 Å². The average molecular weight is 214 g/mol. The molecule has 1 fully saturated rings. The van der Waals surface area contributed by atoms with Crippen LogP contribution in [0, 0.1) is 0 Å². The van der Waals surface area contributed by atoms with Crippen molar-refractivity contribution in [3.63, 3.8) is 0 Å². The zero-order valence-electron chi connectivity index (χ0n) is 9.66. The highest BCUT2D eigenvalue weighted by Gasteiger charge is 2.50. The fourth-order valence-electron chi connectivity index (χ4n) is 1.32. The number of hydrogen-bond acceptors (Lipinski definition) is 3. The Morgan fingerprint density at radius 1 is 1.14 bits per heavy atom. The topological polar surface area (TPSA) is 18.5 Å². The summed E-state index contributed by atoms with van der Waals surface area (Å²) < 4.78 is 11.7. The molecule has 0 saturated carbocycles. The van der Waals surface area contributed by atoms with Crippen LogP contribution in [0.4, 0.5) is 0 Å². The molecule has 0 aliphatic carbocycles. The van der Waals surface area contributed by atoms with Crippen molar-refractivity contribution in [2.24, 2.45) is 0 Å². The van der Waals surface area contributed by atoms with Gasteiger partial charge in [0.15, 0.2) is 0 Å². The lowest BCUT2D eigenvalue weighted by Gasteiger charge is -2.32. The second kappa shape index (κ2) is 4.29. The fourth-order valence-corrected chi connectivity index (χ4v) is 1.63. The van der Waals surface area contributed by atoms with E-state index in [9.17, 15) is 0 Å². The van der Waals surface area contributed by atoms with Crippen LogP contribution in [0.2, 0.25) is 6.32 Å². The van der Waals surface area contributed by atoms with Crippen molar-refractivity contribution in [2.45, 2.75) is 45.2 Å². The second-order valence-electron chi connectivity index (χ2n) is 4.53. The molecule has 2 nitrogen and oxygen atoms in total. The van der Waals surface area contributed by atoms with Gasteiger partial charge < -0.3 is 9.31 Å². The number of allylic oxidation sites excluding steroid dienone is 1. The van der Waals surface area contributed by atoms with Crippen molar-refractivity contribution >= 4 is 18.9 Å². The minimum Gasteiger partial charge on any atom is -0.403 e. The summed E-state index contributed by atoms with van der Waals surface area (Å²) in [7, 11) is -0.0941. The number of thioether (sulfide) groups is 1. The van der Waals surface area contributed by atoms with Crippen molar-refractivity contribution in [2.75, 3.05) is 6.26 Å². The molecule has 14 heavy (non-hydrogen) atoms. The molecule has 1 aliphatic heterocycles. The molecule has 0 aromatic heterocycles.